The zero-order chi connectivity index (χ0) is 15.2. The summed E-state index contributed by atoms with van der Waals surface area (Å²) in [5, 5.41) is 3.40. The Balaban J connectivity index is 0.00000441. The van der Waals surface area contributed by atoms with Crippen LogP contribution in [0.3, 0.4) is 0 Å². The number of nitrogens with one attached hydrogen (secondary N) is 1. The van der Waals surface area contributed by atoms with E-state index in [4.69, 9.17) is 20.9 Å². The van der Waals surface area contributed by atoms with E-state index in [1.807, 2.05) is 0 Å². The summed E-state index contributed by atoms with van der Waals surface area (Å²) in [7, 11) is 0. The van der Waals surface area contributed by atoms with Gasteiger partial charge < -0.3 is 26.3 Å². The third kappa shape index (κ3) is 11.6. The highest BCUT2D eigenvalue weighted by molar-refractivity contribution is 5.85. The van der Waals surface area contributed by atoms with Gasteiger partial charge in [-0.15, -0.1) is 12.4 Å². The lowest BCUT2D eigenvalue weighted by atomic mass is 10.3. The standard InChI is InChI=1S/C14H33N5O2.ClH/c15-1-11-20-13-4-17-3-5-18-6-8-19(9-7-18)10-14-21-12-2-16;/h17H,1-16H2;1H. The molecule has 0 atom stereocenters. The molecule has 1 fully saturated rings. The number of rotatable bonds is 13. The molecule has 0 bridgehead atoms. The highest BCUT2D eigenvalue weighted by Crippen LogP contribution is 2.00. The van der Waals surface area contributed by atoms with Gasteiger partial charge in [0.1, 0.15) is 0 Å². The maximum absolute atomic E-state index is 5.42. The van der Waals surface area contributed by atoms with Crippen molar-refractivity contribution in [2.75, 3.05) is 91.9 Å². The smallest absolute Gasteiger partial charge is 0.0594 e. The van der Waals surface area contributed by atoms with Gasteiger partial charge in [-0.25, -0.2) is 0 Å². The van der Waals surface area contributed by atoms with Crippen LogP contribution in [0.5, 0.6) is 0 Å². The molecule has 22 heavy (non-hydrogen) atoms. The molecule has 1 aliphatic rings. The molecule has 134 valence electrons. The number of halogens is 1. The summed E-state index contributed by atoms with van der Waals surface area (Å²) in [6.07, 6.45) is 0. The highest BCUT2D eigenvalue weighted by Gasteiger charge is 2.15. The first-order chi connectivity index (χ1) is 10.4. The maximum atomic E-state index is 5.42. The van der Waals surface area contributed by atoms with Gasteiger partial charge in [0, 0.05) is 65.4 Å². The number of nitrogens with zero attached hydrogens (tertiary/aromatic N) is 2. The second kappa shape index (κ2) is 15.9. The fourth-order valence-electron chi connectivity index (χ4n) is 2.31. The number of ether oxygens (including phenoxy) is 2. The third-order valence-electron chi connectivity index (χ3n) is 3.57. The van der Waals surface area contributed by atoms with E-state index >= 15 is 0 Å². The molecule has 0 amide bonds. The Labute approximate surface area is 141 Å². The number of hydrogen-bond donors (Lipinski definition) is 3. The average molecular weight is 340 g/mol. The number of piperazine rings is 1. The Morgan fingerprint density at radius 3 is 1.86 bits per heavy atom. The van der Waals surface area contributed by atoms with Crippen LogP contribution in [0.15, 0.2) is 0 Å². The minimum atomic E-state index is 0. The van der Waals surface area contributed by atoms with Crippen LogP contribution in [0.4, 0.5) is 0 Å². The monoisotopic (exact) mass is 339 g/mol. The van der Waals surface area contributed by atoms with Crippen LogP contribution in [-0.2, 0) is 9.47 Å². The summed E-state index contributed by atoms with van der Waals surface area (Å²) < 4.78 is 10.7. The van der Waals surface area contributed by atoms with E-state index in [1.165, 1.54) is 0 Å². The third-order valence-corrected chi connectivity index (χ3v) is 3.57. The molecule has 7 nitrogen and oxygen atoms in total. The number of hydrogen-bond acceptors (Lipinski definition) is 7. The summed E-state index contributed by atoms with van der Waals surface area (Å²) in [6, 6.07) is 0. The minimum absolute atomic E-state index is 0. The first-order valence-corrected chi connectivity index (χ1v) is 8.08. The molecule has 5 N–H and O–H groups in total. The summed E-state index contributed by atoms with van der Waals surface area (Å²) in [6.45, 7) is 12.7. The molecule has 0 unspecified atom stereocenters. The lowest BCUT2D eigenvalue weighted by Gasteiger charge is -2.34. The Kier molecular flexibility index (Phi) is 15.9. The van der Waals surface area contributed by atoms with E-state index in [9.17, 15) is 0 Å². The molecule has 0 aromatic heterocycles. The first-order valence-electron chi connectivity index (χ1n) is 8.08. The lowest BCUT2D eigenvalue weighted by Crippen LogP contribution is -2.48. The van der Waals surface area contributed by atoms with Crippen molar-refractivity contribution in [3.8, 4) is 0 Å². The van der Waals surface area contributed by atoms with Crippen molar-refractivity contribution in [3.63, 3.8) is 0 Å². The Hall–Kier alpha value is 0.01000. The van der Waals surface area contributed by atoms with Gasteiger partial charge in [0.2, 0.25) is 0 Å². The second-order valence-corrected chi connectivity index (χ2v) is 5.24. The van der Waals surface area contributed by atoms with Crippen LogP contribution >= 0.6 is 12.4 Å². The van der Waals surface area contributed by atoms with E-state index in [0.717, 1.165) is 65.6 Å². The molecule has 0 aromatic rings. The largest absolute Gasteiger partial charge is 0.379 e. The zero-order valence-electron chi connectivity index (χ0n) is 13.7. The fourth-order valence-corrected chi connectivity index (χ4v) is 2.31. The van der Waals surface area contributed by atoms with Gasteiger partial charge in [0.15, 0.2) is 0 Å². The van der Waals surface area contributed by atoms with E-state index in [1.54, 1.807) is 0 Å². The van der Waals surface area contributed by atoms with Gasteiger partial charge >= 0.3 is 0 Å². The van der Waals surface area contributed by atoms with Crippen molar-refractivity contribution in [1.82, 2.24) is 15.1 Å². The van der Waals surface area contributed by atoms with E-state index in [2.05, 4.69) is 15.1 Å². The summed E-state index contributed by atoms with van der Waals surface area (Å²) >= 11 is 0. The van der Waals surface area contributed by atoms with Crippen LogP contribution in [-0.4, -0.2) is 102 Å². The van der Waals surface area contributed by atoms with Gasteiger partial charge in [-0.1, -0.05) is 0 Å². The van der Waals surface area contributed by atoms with Crippen molar-refractivity contribution in [2.24, 2.45) is 11.5 Å². The Morgan fingerprint density at radius 2 is 1.27 bits per heavy atom. The van der Waals surface area contributed by atoms with Gasteiger partial charge in [-0.2, -0.15) is 0 Å². The van der Waals surface area contributed by atoms with Crippen LogP contribution in [0.25, 0.3) is 0 Å². The number of nitrogens with two attached hydrogens (primary N) is 2. The normalized spacial score (nSPS) is 16.6. The van der Waals surface area contributed by atoms with Crippen LogP contribution in [0.2, 0.25) is 0 Å². The van der Waals surface area contributed by atoms with Crippen molar-refractivity contribution in [2.45, 2.75) is 0 Å². The summed E-state index contributed by atoms with van der Waals surface area (Å²) in [4.78, 5) is 4.96. The average Bonchev–Trinajstić information content (AvgIpc) is 2.52. The quantitative estimate of drug-likeness (QED) is 0.354. The van der Waals surface area contributed by atoms with Gasteiger partial charge in [-0.3, -0.25) is 9.80 Å². The van der Waals surface area contributed by atoms with Gasteiger partial charge in [-0.05, 0) is 0 Å². The molecule has 0 aliphatic carbocycles. The van der Waals surface area contributed by atoms with E-state index < -0.39 is 0 Å². The SMILES string of the molecule is Cl.NCCOCCNCCN1CCN(CCOCCN)CC1. The van der Waals surface area contributed by atoms with Crippen LogP contribution in [0.1, 0.15) is 0 Å². The molecule has 1 aliphatic heterocycles. The zero-order valence-corrected chi connectivity index (χ0v) is 14.5. The van der Waals surface area contributed by atoms with Crippen molar-refractivity contribution in [1.29, 1.82) is 0 Å². The van der Waals surface area contributed by atoms with Crippen molar-refractivity contribution in [3.05, 3.63) is 0 Å². The molecule has 1 saturated heterocycles. The Bertz CT molecular complexity index is 229. The van der Waals surface area contributed by atoms with E-state index in [-0.39, 0.29) is 12.4 Å². The van der Waals surface area contributed by atoms with E-state index in [0.29, 0.717) is 26.3 Å². The topological polar surface area (TPSA) is 89.0 Å². The summed E-state index contributed by atoms with van der Waals surface area (Å²) in [5.41, 5.74) is 10.7. The van der Waals surface area contributed by atoms with Crippen LogP contribution < -0.4 is 16.8 Å². The molecule has 0 spiro atoms. The van der Waals surface area contributed by atoms with Gasteiger partial charge in [0.05, 0.1) is 26.4 Å². The molecule has 1 rings (SSSR count). The molecule has 1 heterocycles. The maximum Gasteiger partial charge on any atom is 0.0594 e. The minimum Gasteiger partial charge on any atom is -0.379 e. The highest BCUT2D eigenvalue weighted by atomic mass is 35.5. The second-order valence-electron chi connectivity index (χ2n) is 5.24. The predicted molar refractivity (Wildman–Crippen MR) is 92.7 cm³/mol. The Morgan fingerprint density at radius 1 is 0.727 bits per heavy atom. The lowest BCUT2D eigenvalue weighted by molar-refractivity contribution is 0.0786. The molecular formula is C14H34ClN5O2. The summed E-state index contributed by atoms with van der Waals surface area (Å²) in [5.74, 6) is 0. The van der Waals surface area contributed by atoms with Crippen LogP contribution in [0, 0.1) is 0 Å². The van der Waals surface area contributed by atoms with Gasteiger partial charge in [0.25, 0.3) is 0 Å². The predicted octanol–water partition coefficient (Wildman–Crippen LogP) is -1.43. The molecule has 0 radical (unpaired) electrons. The van der Waals surface area contributed by atoms with Crippen molar-refractivity contribution < 1.29 is 9.47 Å². The molecule has 8 heteroatoms. The fraction of sp³-hybridized carbons (Fsp3) is 1.00. The molecule has 0 aromatic carbocycles. The van der Waals surface area contributed by atoms with Crippen molar-refractivity contribution >= 4 is 12.4 Å². The molecule has 0 saturated carbocycles. The molecular weight excluding hydrogens is 306 g/mol. The first kappa shape index (κ1) is 22.0.